The van der Waals surface area contributed by atoms with Crippen LogP contribution in [0.15, 0.2) is 48.5 Å². The minimum absolute atomic E-state index is 0.283. The summed E-state index contributed by atoms with van der Waals surface area (Å²) in [5.41, 5.74) is 1.58. The highest BCUT2D eigenvalue weighted by molar-refractivity contribution is 6.02. The van der Waals surface area contributed by atoms with Crippen LogP contribution in [0.1, 0.15) is 44.9 Å². The molecule has 28 heavy (non-hydrogen) atoms. The summed E-state index contributed by atoms with van der Waals surface area (Å²) in [6.07, 6.45) is -0.366. The van der Waals surface area contributed by atoms with Crippen molar-refractivity contribution < 1.29 is 18.7 Å². The molecule has 1 aliphatic heterocycles. The van der Waals surface area contributed by atoms with Gasteiger partial charge in [-0.15, -0.1) is 0 Å². The largest absolute Gasteiger partial charge is 0.444 e. The van der Waals surface area contributed by atoms with Gasteiger partial charge in [0.2, 0.25) is 0 Å². The highest BCUT2D eigenvalue weighted by Gasteiger charge is 2.37. The van der Waals surface area contributed by atoms with E-state index in [0.29, 0.717) is 5.69 Å². The first kappa shape index (κ1) is 19.9. The molecule has 3 rings (SSSR count). The zero-order valence-electron chi connectivity index (χ0n) is 16.5. The van der Waals surface area contributed by atoms with Gasteiger partial charge in [0, 0.05) is 6.42 Å². The summed E-state index contributed by atoms with van der Waals surface area (Å²) >= 11 is 0. The van der Waals surface area contributed by atoms with Crippen LogP contribution in [0, 0.1) is 5.82 Å². The number of amides is 2. The third kappa shape index (κ3) is 4.32. The molecule has 2 atom stereocenters. The highest BCUT2D eigenvalue weighted by atomic mass is 19.1. The predicted molar refractivity (Wildman–Crippen MR) is 106 cm³/mol. The maximum absolute atomic E-state index is 13.9. The number of benzene rings is 2. The molecule has 0 aliphatic carbocycles. The molecule has 0 fully saturated rings. The predicted octanol–water partition coefficient (Wildman–Crippen LogP) is 4.37. The number of nitrogens with one attached hydrogen (secondary N) is 1. The van der Waals surface area contributed by atoms with Gasteiger partial charge in [0.05, 0.1) is 11.7 Å². The smallest absolute Gasteiger partial charge is 0.408 e. The molecule has 0 saturated carbocycles. The second-order valence-electron chi connectivity index (χ2n) is 7.97. The van der Waals surface area contributed by atoms with E-state index in [0.717, 1.165) is 11.1 Å². The molecule has 2 amide bonds. The molecule has 2 aromatic rings. The molecular formula is C22H25FN2O3. The number of hydrogen-bond acceptors (Lipinski definition) is 3. The van der Waals surface area contributed by atoms with Crippen LogP contribution in [0.25, 0.3) is 0 Å². The summed E-state index contributed by atoms with van der Waals surface area (Å²) in [4.78, 5) is 27.0. The third-order valence-corrected chi connectivity index (χ3v) is 4.63. The van der Waals surface area contributed by atoms with Crippen LogP contribution >= 0.6 is 0 Å². The molecule has 0 spiro atoms. The molecule has 5 nitrogen and oxygen atoms in total. The molecule has 2 aromatic carbocycles. The van der Waals surface area contributed by atoms with Crippen molar-refractivity contribution in [2.24, 2.45) is 0 Å². The van der Waals surface area contributed by atoms with Gasteiger partial charge in [0.15, 0.2) is 0 Å². The Morgan fingerprint density at radius 2 is 1.89 bits per heavy atom. The number of alkyl carbamates (subject to hydrolysis) is 1. The Morgan fingerprint density at radius 3 is 2.54 bits per heavy atom. The SMILES string of the molecule is C[C@@H](c1ccccc1)N1C(=O)[C@H](NC(=O)OC(C)(C)C)Cc2ccc(F)cc21. The minimum atomic E-state index is -0.779. The average Bonchev–Trinajstić information content (AvgIpc) is 2.61. The van der Waals surface area contributed by atoms with Crippen molar-refractivity contribution in [1.82, 2.24) is 5.32 Å². The molecule has 148 valence electrons. The zero-order chi connectivity index (χ0) is 20.5. The maximum Gasteiger partial charge on any atom is 0.408 e. The molecule has 1 N–H and O–H groups in total. The molecule has 6 heteroatoms. The van der Waals surface area contributed by atoms with E-state index in [1.54, 1.807) is 31.7 Å². The van der Waals surface area contributed by atoms with E-state index in [1.807, 2.05) is 37.3 Å². The molecule has 1 aliphatic rings. The first-order chi connectivity index (χ1) is 13.2. The van der Waals surface area contributed by atoms with Crippen LogP contribution in [-0.4, -0.2) is 23.6 Å². The Labute approximate surface area is 164 Å². The number of rotatable bonds is 3. The number of ether oxygens (including phenoxy) is 1. The zero-order valence-corrected chi connectivity index (χ0v) is 16.5. The van der Waals surface area contributed by atoms with Crippen molar-refractivity contribution in [3.8, 4) is 0 Å². The second-order valence-corrected chi connectivity index (χ2v) is 7.97. The third-order valence-electron chi connectivity index (χ3n) is 4.63. The summed E-state index contributed by atoms with van der Waals surface area (Å²) in [6.45, 7) is 7.17. The average molecular weight is 384 g/mol. The quantitative estimate of drug-likeness (QED) is 0.855. The van der Waals surface area contributed by atoms with Gasteiger partial charge in [0.1, 0.15) is 17.5 Å². The van der Waals surface area contributed by atoms with Crippen LogP contribution in [0.4, 0.5) is 14.9 Å². The minimum Gasteiger partial charge on any atom is -0.444 e. The fourth-order valence-corrected chi connectivity index (χ4v) is 3.37. The van der Waals surface area contributed by atoms with Gasteiger partial charge >= 0.3 is 6.09 Å². The summed E-state index contributed by atoms with van der Waals surface area (Å²) in [5, 5.41) is 2.67. The lowest BCUT2D eigenvalue weighted by atomic mass is 9.94. The number of fused-ring (bicyclic) bond motifs is 1. The van der Waals surface area contributed by atoms with Crippen molar-refractivity contribution >= 4 is 17.7 Å². The molecule has 0 aromatic heterocycles. The highest BCUT2D eigenvalue weighted by Crippen LogP contribution is 2.35. The standard InChI is InChI=1S/C22H25FN2O3/c1-14(15-8-6-5-7-9-15)25-19-13-17(23)11-10-16(19)12-18(20(25)26)24-21(27)28-22(2,3)4/h5-11,13-14,18H,12H2,1-4H3,(H,24,27)/t14-,18+/m0/s1. The molecule has 0 radical (unpaired) electrons. The lowest BCUT2D eigenvalue weighted by Gasteiger charge is -2.38. The number of carbonyl (C=O) groups is 2. The van der Waals surface area contributed by atoms with E-state index in [9.17, 15) is 14.0 Å². The Bertz CT molecular complexity index is 877. The van der Waals surface area contributed by atoms with Crippen LogP contribution in [-0.2, 0) is 16.0 Å². The maximum atomic E-state index is 13.9. The number of nitrogens with zero attached hydrogens (tertiary/aromatic N) is 1. The summed E-state index contributed by atoms with van der Waals surface area (Å²) < 4.78 is 19.2. The number of anilines is 1. The monoisotopic (exact) mass is 384 g/mol. The fraction of sp³-hybridized carbons (Fsp3) is 0.364. The van der Waals surface area contributed by atoms with Crippen molar-refractivity contribution in [3.05, 3.63) is 65.5 Å². The summed E-state index contributed by atoms with van der Waals surface area (Å²) in [7, 11) is 0. The van der Waals surface area contributed by atoms with Crippen molar-refractivity contribution in [1.29, 1.82) is 0 Å². The lowest BCUT2D eigenvalue weighted by molar-refractivity contribution is -0.121. The molecule has 0 unspecified atom stereocenters. The van der Waals surface area contributed by atoms with Crippen LogP contribution < -0.4 is 10.2 Å². The normalized spacial score (nSPS) is 17.7. The first-order valence-corrected chi connectivity index (χ1v) is 9.31. The Morgan fingerprint density at radius 1 is 1.21 bits per heavy atom. The molecule has 0 bridgehead atoms. The lowest BCUT2D eigenvalue weighted by Crippen LogP contribution is -2.54. The van der Waals surface area contributed by atoms with Gasteiger partial charge in [-0.05, 0) is 51.0 Å². The van der Waals surface area contributed by atoms with Gasteiger partial charge < -0.3 is 15.0 Å². The topological polar surface area (TPSA) is 58.6 Å². The van der Waals surface area contributed by atoms with E-state index in [2.05, 4.69) is 5.32 Å². The molecule has 0 saturated heterocycles. The van der Waals surface area contributed by atoms with Gasteiger partial charge in [-0.25, -0.2) is 9.18 Å². The Balaban J connectivity index is 1.94. The van der Waals surface area contributed by atoms with E-state index < -0.39 is 23.6 Å². The number of hydrogen-bond donors (Lipinski definition) is 1. The van der Waals surface area contributed by atoms with Crippen LogP contribution in [0.5, 0.6) is 0 Å². The van der Waals surface area contributed by atoms with Gasteiger partial charge in [-0.1, -0.05) is 36.4 Å². The fourth-order valence-electron chi connectivity index (χ4n) is 3.37. The Hall–Kier alpha value is -2.89. The van der Waals surface area contributed by atoms with E-state index in [-0.39, 0.29) is 18.4 Å². The number of halogens is 1. The van der Waals surface area contributed by atoms with E-state index >= 15 is 0 Å². The van der Waals surface area contributed by atoms with Gasteiger partial charge in [-0.3, -0.25) is 4.79 Å². The molecular weight excluding hydrogens is 359 g/mol. The van der Waals surface area contributed by atoms with Crippen molar-refractivity contribution in [3.63, 3.8) is 0 Å². The van der Waals surface area contributed by atoms with E-state index in [1.165, 1.54) is 12.1 Å². The first-order valence-electron chi connectivity index (χ1n) is 9.31. The number of carbonyl (C=O) groups excluding carboxylic acids is 2. The van der Waals surface area contributed by atoms with Crippen LogP contribution in [0.2, 0.25) is 0 Å². The second kappa shape index (κ2) is 7.62. The van der Waals surface area contributed by atoms with Crippen molar-refractivity contribution in [2.45, 2.75) is 51.8 Å². The summed E-state index contributed by atoms with van der Waals surface area (Å²) in [6, 6.07) is 12.8. The van der Waals surface area contributed by atoms with Gasteiger partial charge in [0.25, 0.3) is 5.91 Å². The summed E-state index contributed by atoms with van der Waals surface area (Å²) in [5.74, 6) is -0.698. The van der Waals surface area contributed by atoms with Crippen molar-refractivity contribution in [2.75, 3.05) is 4.90 Å². The molecule has 1 heterocycles. The van der Waals surface area contributed by atoms with Crippen LogP contribution in [0.3, 0.4) is 0 Å². The van der Waals surface area contributed by atoms with Gasteiger partial charge in [-0.2, -0.15) is 0 Å². The Kier molecular flexibility index (Phi) is 5.40. The van der Waals surface area contributed by atoms with E-state index in [4.69, 9.17) is 4.74 Å².